The maximum absolute atomic E-state index is 10.6. The average Bonchev–Trinajstić information content (AvgIpc) is 1.85. The monoisotopic (exact) mass is 151 g/mol. The van der Waals surface area contributed by atoms with Crippen LogP contribution in [0.1, 0.15) is 26.7 Å². The molecule has 0 saturated carbocycles. The largest absolute Gasteiger partial charge is 0.327 e. The first-order chi connectivity index (χ1) is 5.18. The van der Waals surface area contributed by atoms with Gasteiger partial charge in [-0.05, 0) is 25.8 Å². The van der Waals surface area contributed by atoms with Crippen LogP contribution < -0.4 is 5.32 Å². The molecule has 0 radical (unpaired) electrons. The van der Waals surface area contributed by atoms with Crippen molar-refractivity contribution < 1.29 is 4.79 Å². The lowest BCUT2D eigenvalue weighted by Gasteiger charge is -2.10. The van der Waals surface area contributed by atoms with E-state index in [-0.39, 0.29) is 5.91 Å². The van der Waals surface area contributed by atoms with Gasteiger partial charge in [0.05, 0.1) is 0 Å². The van der Waals surface area contributed by atoms with Gasteiger partial charge in [-0.3, -0.25) is 4.79 Å². The highest BCUT2D eigenvalue weighted by Crippen LogP contribution is 2.14. The third kappa shape index (κ3) is 2.58. The number of carbonyl (C=O) groups excluding carboxylic acids is 1. The summed E-state index contributed by atoms with van der Waals surface area (Å²) in [6.45, 7) is 3.60. The van der Waals surface area contributed by atoms with Crippen molar-refractivity contribution in [2.24, 2.45) is 0 Å². The van der Waals surface area contributed by atoms with Crippen LogP contribution in [0.3, 0.4) is 0 Å². The van der Waals surface area contributed by atoms with E-state index in [2.05, 4.69) is 18.3 Å². The molecule has 0 saturated heterocycles. The summed E-state index contributed by atoms with van der Waals surface area (Å²) in [6, 6.07) is 0. The Labute approximate surface area is 67.0 Å². The molecule has 1 aliphatic rings. The number of hydrogen-bond acceptors (Lipinski definition) is 1. The van der Waals surface area contributed by atoms with Crippen molar-refractivity contribution in [2.75, 3.05) is 0 Å². The van der Waals surface area contributed by atoms with Crippen molar-refractivity contribution in [3.63, 3.8) is 0 Å². The van der Waals surface area contributed by atoms with E-state index >= 15 is 0 Å². The van der Waals surface area contributed by atoms with Crippen LogP contribution in [-0.2, 0) is 4.79 Å². The normalized spacial score (nSPS) is 16.9. The molecular weight excluding hydrogens is 138 g/mol. The number of nitrogens with one attached hydrogen (secondary N) is 1. The maximum atomic E-state index is 10.6. The Morgan fingerprint density at radius 1 is 1.64 bits per heavy atom. The fourth-order valence-corrected chi connectivity index (χ4v) is 1.14. The molecular formula is C9H13NO. The molecule has 60 valence electrons. The van der Waals surface area contributed by atoms with Gasteiger partial charge in [-0.1, -0.05) is 11.6 Å². The van der Waals surface area contributed by atoms with Crippen LogP contribution in [0.25, 0.3) is 0 Å². The molecule has 0 bridgehead atoms. The molecule has 1 N–H and O–H groups in total. The van der Waals surface area contributed by atoms with Crippen LogP contribution >= 0.6 is 0 Å². The topological polar surface area (TPSA) is 29.1 Å². The Kier molecular flexibility index (Phi) is 2.47. The second kappa shape index (κ2) is 3.37. The number of carbonyl (C=O) groups is 1. The zero-order valence-electron chi connectivity index (χ0n) is 6.98. The molecule has 1 rings (SSSR count). The Bertz CT molecular complexity index is 226. The summed E-state index contributed by atoms with van der Waals surface area (Å²) in [4.78, 5) is 10.6. The van der Waals surface area contributed by atoms with Crippen LogP contribution in [0.4, 0.5) is 0 Å². The van der Waals surface area contributed by atoms with Crippen molar-refractivity contribution in [1.29, 1.82) is 0 Å². The van der Waals surface area contributed by atoms with Crippen LogP contribution in [0, 0.1) is 0 Å². The lowest BCUT2D eigenvalue weighted by Crippen LogP contribution is -2.18. The summed E-state index contributed by atoms with van der Waals surface area (Å²) in [6.07, 6.45) is 6.22. The summed E-state index contributed by atoms with van der Waals surface area (Å²) in [5.41, 5.74) is 2.28. The number of hydrogen-bond donors (Lipinski definition) is 1. The lowest BCUT2D eigenvalue weighted by atomic mass is 10.1. The molecule has 0 aromatic rings. The second-order valence-corrected chi connectivity index (χ2v) is 2.87. The summed E-state index contributed by atoms with van der Waals surface area (Å²) < 4.78 is 0. The van der Waals surface area contributed by atoms with E-state index in [0.717, 1.165) is 18.5 Å². The highest BCUT2D eigenvalue weighted by Gasteiger charge is 2.01. The van der Waals surface area contributed by atoms with Crippen molar-refractivity contribution in [2.45, 2.75) is 26.7 Å². The molecule has 0 fully saturated rings. The van der Waals surface area contributed by atoms with Crippen LogP contribution in [0.15, 0.2) is 23.4 Å². The molecule has 2 heteroatoms. The standard InChI is InChI=1S/C9H13NO/c1-7-4-3-5-9(6-7)10-8(2)11/h5-6H,3-4H2,1-2H3,(H,10,11). The first kappa shape index (κ1) is 8.05. The van der Waals surface area contributed by atoms with E-state index in [4.69, 9.17) is 0 Å². The number of allylic oxidation sites excluding steroid dienone is 3. The number of amides is 1. The van der Waals surface area contributed by atoms with Gasteiger partial charge in [0.2, 0.25) is 5.91 Å². The van der Waals surface area contributed by atoms with Crippen LogP contribution in [-0.4, -0.2) is 5.91 Å². The molecule has 1 amide bonds. The van der Waals surface area contributed by atoms with Gasteiger partial charge in [0.1, 0.15) is 0 Å². The molecule has 0 unspecified atom stereocenters. The summed E-state index contributed by atoms with van der Waals surface area (Å²) in [5.74, 6) is 0.00204. The first-order valence-corrected chi connectivity index (χ1v) is 3.83. The summed E-state index contributed by atoms with van der Waals surface area (Å²) >= 11 is 0. The molecule has 0 aromatic heterocycles. The third-order valence-corrected chi connectivity index (χ3v) is 1.63. The highest BCUT2D eigenvalue weighted by molar-refractivity contribution is 5.75. The smallest absolute Gasteiger partial charge is 0.221 e. The average molecular weight is 151 g/mol. The van der Waals surface area contributed by atoms with Gasteiger partial charge in [0, 0.05) is 12.6 Å². The van der Waals surface area contributed by atoms with Gasteiger partial charge < -0.3 is 5.32 Å². The summed E-state index contributed by atoms with van der Waals surface area (Å²) in [7, 11) is 0. The molecule has 1 aliphatic carbocycles. The molecule has 0 spiro atoms. The number of rotatable bonds is 1. The summed E-state index contributed by atoms with van der Waals surface area (Å²) in [5, 5.41) is 2.76. The van der Waals surface area contributed by atoms with Gasteiger partial charge in [-0.25, -0.2) is 0 Å². The molecule has 2 nitrogen and oxygen atoms in total. The van der Waals surface area contributed by atoms with Gasteiger partial charge in [0.25, 0.3) is 0 Å². The van der Waals surface area contributed by atoms with Crippen molar-refractivity contribution in [1.82, 2.24) is 5.32 Å². The van der Waals surface area contributed by atoms with Gasteiger partial charge in [-0.2, -0.15) is 0 Å². The fraction of sp³-hybridized carbons (Fsp3) is 0.444. The van der Waals surface area contributed by atoms with E-state index in [1.54, 1.807) is 0 Å². The highest BCUT2D eigenvalue weighted by atomic mass is 16.1. The molecule has 11 heavy (non-hydrogen) atoms. The molecule has 0 heterocycles. The fourth-order valence-electron chi connectivity index (χ4n) is 1.14. The second-order valence-electron chi connectivity index (χ2n) is 2.87. The van der Waals surface area contributed by atoms with Gasteiger partial charge >= 0.3 is 0 Å². The van der Waals surface area contributed by atoms with E-state index in [1.807, 2.05) is 6.08 Å². The zero-order valence-corrected chi connectivity index (χ0v) is 6.98. The quantitative estimate of drug-likeness (QED) is 0.607. The third-order valence-electron chi connectivity index (χ3n) is 1.63. The predicted molar refractivity (Wildman–Crippen MR) is 44.9 cm³/mol. The SMILES string of the molecule is CC(=O)NC1=CCCC(C)=C1. The van der Waals surface area contributed by atoms with Crippen molar-refractivity contribution >= 4 is 5.91 Å². The lowest BCUT2D eigenvalue weighted by molar-refractivity contribution is -0.118. The zero-order chi connectivity index (χ0) is 8.27. The van der Waals surface area contributed by atoms with Crippen molar-refractivity contribution in [3.8, 4) is 0 Å². The van der Waals surface area contributed by atoms with Gasteiger partial charge in [-0.15, -0.1) is 0 Å². The van der Waals surface area contributed by atoms with E-state index in [1.165, 1.54) is 12.5 Å². The molecule has 0 aliphatic heterocycles. The van der Waals surface area contributed by atoms with Crippen LogP contribution in [0.2, 0.25) is 0 Å². The Morgan fingerprint density at radius 2 is 2.36 bits per heavy atom. The Morgan fingerprint density at radius 3 is 2.91 bits per heavy atom. The van der Waals surface area contributed by atoms with Crippen molar-refractivity contribution in [3.05, 3.63) is 23.4 Å². The van der Waals surface area contributed by atoms with Gasteiger partial charge in [0.15, 0.2) is 0 Å². The minimum Gasteiger partial charge on any atom is -0.327 e. The van der Waals surface area contributed by atoms with E-state index in [0.29, 0.717) is 0 Å². The Balaban J connectivity index is 2.59. The molecule has 0 aromatic carbocycles. The van der Waals surface area contributed by atoms with E-state index in [9.17, 15) is 4.79 Å². The predicted octanol–water partition coefficient (Wildman–Crippen LogP) is 1.75. The van der Waals surface area contributed by atoms with E-state index < -0.39 is 0 Å². The first-order valence-electron chi connectivity index (χ1n) is 3.83. The minimum atomic E-state index is 0.00204. The minimum absolute atomic E-state index is 0.00204. The molecule has 0 atom stereocenters. The van der Waals surface area contributed by atoms with Crippen LogP contribution in [0.5, 0.6) is 0 Å². The Hall–Kier alpha value is -1.05. The maximum Gasteiger partial charge on any atom is 0.221 e.